The van der Waals surface area contributed by atoms with Crippen molar-refractivity contribution in [2.45, 2.75) is 38.0 Å². The van der Waals surface area contributed by atoms with Crippen molar-refractivity contribution in [3.63, 3.8) is 0 Å². The van der Waals surface area contributed by atoms with E-state index in [1.807, 2.05) is 6.08 Å². The molecule has 6 atom stereocenters. The lowest BCUT2D eigenvalue weighted by Gasteiger charge is -2.50. The van der Waals surface area contributed by atoms with Crippen LogP contribution in [0.4, 0.5) is 5.69 Å². The van der Waals surface area contributed by atoms with Gasteiger partial charge in [-0.25, -0.2) is 0 Å². The molecule has 2 saturated heterocycles. The van der Waals surface area contributed by atoms with Gasteiger partial charge in [0.25, 0.3) is 11.8 Å². The number of carbonyl (C=O) groups excluding carboxylic acids is 4. The minimum Gasteiger partial charge on any atom is -0.504 e. The Kier molecular flexibility index (Phi) is 8.35. The van der Waals surface area contributed by atoms with Crippen LogP contribution in [0.15, 0.2) is 72.3 Å². The van der Waals surface area contributed by atoms with E-state index in [1.165, 1.54) is 17.0 Å². The fourth-order valence-electron chi connectivity index (χ4n) is 8.58. The van der Waals surface area contributed by atoms with Crippen LogP contribution in [0, 0.1) is 23.7 Å². The number of benzene rings is 3. The van der Waals surface area contributed by atoms with Crippen LogP contribution in [-0.4, -0.2) is 58.9 Å². The number of likely N-dealkylation sites (tertiary alicyclic amines) is 1. The van der Waals surface area contributed by atoms with Crippen LogP contribution in [0.1, 0.15) is 43.7 Å². The van der Waals surface area contributed by atoms with Gasteiger partial charge in [0.15, 0.2) is 11.5 Å². The molecule has 0 aromatic heterocycles. The summed E-state index contributed by atoms with van der Waals surface area (Å²) in [5.74, 6) is -4.24. The standard InChI is InChI=1S/C37H35Cl2N3O7/c1-4-41-33(44)24-13-12-23-25(31(24)35(41)46)18-26-34(45)42(40-28-14-9-21(38)17-27(28)39)36(47)37(26,20-7-10-22(48-3)11-8-20)32(23)19-6-15-29(43)30(16-19)49-5-2/h6-12,14-17,24-26,31-32,40,43H,4-5,13,18H2,1-3H3/t24-,25+,26-,31-,32-,37+/m0/s1. The largest absolute Gasteiger partial charge is 0.504 e. The molecule has 3 fully saturated rings. The maximum atomic E-state index is 15.3. The lowest BCUT2D eigenvalue weighted by atomic mass is 9.49. The second-order valence-electron chi connectivity index (χ2n) is 12.8. The molecule has 10 nitrogen and oxygen atoms in total. The molecule has 4 amide bonds. The number of allylic oxidation sites excluding steroid dienone is 2. The summed E-state index contributed by atoms with van der Waals surface area (Å²) in [6.45, 7) is 4.11. The normalized spacial score (nSPS) is 27.4. The summed E-state index contributed by atoms with van der Waals surface area (Å²) in [6.07, 6.45) is 2.46. The minimum absolute atomic E-state index is 0.0738. The smallest absolute Gasteiger partial charge is 0.260 e. The fraction of sp³-hybridized carbons (Fsp3) is 0.351. The number of fused-ring (bicyclic) bond motifs is 4. The monoisotopic (exact) mass is 703 g/mol. The lowest BCUT2D eigenvalue weighted by molar-refractivity contribution is -0.141. The molecule has 3 aromatic carbocycles. The van der Waals surface area contributed by atoms with Gasteiger partial charge >= 0.3 is 0 Å². The first-order chi connectivity index (χ1) is 23.6. The van der Waals surface area contributed by atoms with Gasteiger partial charge in [-0.2, -0.15) is 5.01 Å². The number of rotatable bonds is 8. The van der Waals surface area contributed by atoms with E-state index in [1.54, 1.807) is 69.5 Å². The van der Waals surface area contributed by atoms with Crippen molar-refractivity contribution in [2.75, 3.05) is 25.7 Å². The van der Waals surface area contributed by atoms with E-state index in [9.17, 15) is 19.5 Å². The van der Waals surface area contributed by atoms with E-state index in [4.69, 9.17) is 32.7 Å². The number of nitrogens with zero attached hydrogens (tertiary/aromatic N) is 2. The lowest BCUT2D eigenvalue weighted by Crippen LogP contribution is -2.53. The van der Waals surface area contributed by atoms with Crippen LogP contribution < -0.4 is 14.9 Å². The summed E-state index contributed by atoms with van der Waals surface area (Å²) in [6, 6.07) is 16.7. The number of hydrogen-bond donors (Lipinski definition) is 2. The van der Waals surface area contributed by atoms with E-state index in [0.717, 1.165) is 10.6 Å². The van der Waals surface area contributed by atoms with Gasteiger partial charge in [0.2, 0.25) is 11.8 Å². The maximum absolute atomic E-state index is 15.3. The Hall–Kier alpha value is -4.54. The van der Waals surface area contributed by atoms with E-state index in [-0.39, 0.29) is 47.9 Å². The number of aromatic hydroxyl groups is 1. The molecular weight excluding hydrogens is 669 g/mol. The highest BCUT2D eigenvalue weighted by Gasteiger charge is 2.70. The first-order valence-electron chi connectivity index (χ1n) is 16.3. The number of nitrogens with one attached hydrogen (secondary N) is 1. The molecule has 0 radical (unpaired) electrons. The quantitative estimate of drug-likeness (QED) is 0.213. The summed E-state index contributed by atoms with van der Waals surface area (Å²) in [5, 5.41) is 12.3. The SMILES string of the molecule is CCOc1cc([C@H]2C3=CC[C@@H]4C(=O)N(CC)C(=O)[C@@H]4[C@@H]3C[C@H]3C(=O)N(Nc4ccc(Cl)cc4Cl)C(=O)[C@@]23c2ccc(OC)cc2)ccc1O. The number of phenolic OH excluding ortho intramolecular Hbond substituents is 1. The molecule has 1 saturated carbocycles. The van der Waals surface area contributed by atoms with Gasteiger partial charge in [0.1, 0.15) is 5.75 Å². The molecule has 2 aliphatic heterocycles. The zero-order chi connectivity index (χ0) is 34.8. The molecule has 7 rings (SSSR count). The van der Waals surface area contributed by atoms with Crippen LogP contribution in [-0.2, 0) is 24.6 Å². The second kappa shape index (κ2) is 12.4. The first kappa shape index (κ1) is 33.0. The third kappa shape index (κ3) is 4.90. The van der Waals surface area contributed by atoms with Crippen molar-refractivity contribution in [1.82, 2.24) is 9.91 Å². The summed E-state index contributed by atoms with van der Waals surface area (Å²) < 4.78 is 11.2. The molecular formula is C37H35Cl2N3O7. The summed E-state index contributed by atoms with van der Waals surface area (Å²) in [5.41, 5.74) is 3.77. The van der Waals surface area contributed by atoms with Gasteiger partial charge in [-0.05, 0) is 86.2 Å². The van der Waals surface area contributed by atoms with Crippen molar-refractivity contribution in [3.8, 4) is 17.2 Å². The van der Waals surface area contributed by atoms with Crippen molar-refractivity contribution >= 4 is 52.5 Å². The molecule has 0 unspecified atom stereocenters. The maximum Gasteiger partial charge on any atom is 0.260 e. The Bertz CT molecular complexity index is 1910. The summed E-state index contributed by atoms with van der Waals surface area (Å²) >= 11 is 12.7. The van der Waals surface area contributed by atoms with Crippen LogP contribution in [0.3, 0.4) is 0 Å². The van der Waals surface area contributed by atoms with Gasteiger partial charge in [0, 0.05) is 17.5 Å². The number of carbonyl (C=O) groups is 4. The number of halogens is 2. The molecule has 2 N–H and O–H groups in total. The number of anilines is 1. The predicted octanol–water partition coefficient (Wildman–Crippen LogP) is 6.11. The summed E-state index contributed by atoms with van der Waals surface area (Å²) in [7, 11) is 1.55. The van der Waals surface area contributed by atoms with Crippen LogP contribution in [0.5, 0.6) is 17.2 Å². The molecule has 49 heavy (non-hydrogen) atoms. The average molecular weight is 705 g/mol. The topological polar surface area (TPSA) is 125 Å². The predicted molar refractivity (Wildman–Crippen MR) is 182 cm³/mol. The Morgan fingerprint density at radius 2 is 1.69 bits per heavy atom. The number of hydrazine groups is 1. The fourth-order valence-corrected chi connectivity index (χ4v) is 9.03. The highest BCUT2D eigenvalue weighted by molar-refractivity contribution is 6.36. The molecule has 0 spiro atoms. The van der Waals surface area contributed by atoms with E-state index in [2.05, 4.69) is 5.43 Å². The Balaban J connectivity index is 1.48. The number of amides is 4. The van der Waals surface area contributed by atoms with E-state index < -0.39 is 46.8 Å². The van der Waals surface area contributed by atoms with Crippen molar-refractivity contribution in [1.29, 1.82) is 0 Å². The van der Waals surface area contributed by atoms with Gasteiger partial charge in [0.05, 0.1) is 47.6 Å². The summed E-state index contributed by atoms with van der Waals surface area (Å²) in [4.78, 5) is 58.7. The van der Waals surface area contributed by atoms with Gasteiger partial charge < -0.3 is 14.6 Å². The minimum atomic E-state index is -1.51. The number of methoxy groups -OCH3 is 1. The molecule has 2 aliphatic carbocycles. The van der Waals surface area contributed by atoms with Crippen molar-refractivity contribution in [3.05, 3.63) is 93.5 Å². The first-order valence-corrected chi connectivity index (χ1v) is 17.1. The number of phenols is 1. The van der Waals surface area contributed by atoms with E-state index >= 15 is 4.79 Å². The van der Waals surface area contributed by atoms with Crippen LogP contribution >= 0.6 is 23.2 Å². The molecule has 3 aromatic rings. The Labute approximate surface area is 293 Å². The zero-order valence-electron chi connectivity index (χ0n) is 27.1. The average Bonchev–Trinajstić information content (AvgIpc) is 3.47. The molecule has 0 bridgehead atoms. The van der Waals surface area contributed by atoms with Crippen molar-refractivity contribution in [2.24, 2.45) is 23.7 Å². The number of ether oxygens (including phenoxy) is 2. The highest BCUT2D eigenvalue weighted by Crippen LogP contribution is 2.64. The third-order valence-electron chi connectivity index (χ3n) is 10.6. The Morgan fingerprint density at radius 3 is 2.37 bits per heavy atom. The van der Waals surface area contributed by atoms with E-state index in [0.29, 0.717) is 34.0 Å². The molecule has 12 heteroatoms. The highest BCUT2D eigenvalue weighted by atomic mass is 35.5. The van der Waals surface area contributed by atoms with Gasteiger partial charge in [-0.1, -0.05) is 53.1 Å². The zero-order valence-corrected chi connectivity index (χ0v) is 28.6. The van der Waals surface area contributed by atoms with Gasteiger partial charge in [-0.15, -0.1) is 0 Å². The third-order valence-corrected chi connectivity index (χ3v) is 11.2. The van der Waals surface area contributed by atoms with Crippen molar-refractivity contribution < 1.29 is 33.8 Å². The van der Waals surface area contributed by atoms with Gasteiger partial charge in [-0.3, -0.25) is 29.5 Å². The number of imide groups is 2. The molecule has 4 aliphatic rings. The Morgan fingerprint density at radius 1 is 0.939 bits per heavy atom. The van der Waals surface area contributed by atoms with Crippen LogP contribution in [0.2, 0.25) is 10.0 Å². The number of hydrogen-bond acceptors (Lipinski definition) is 8. The molecule has 2 heterocycles. The molecule has 254 valence electrons. The second-order valence-corrected chi connectivity index (χ2v) is 13.6. The van der Waals surface area contributed by atoms with Crippen LogP contribution in [0.25, 0.3) is 0 Å².